The van der Waals surface area contributed by atoms with E-state index in [1.165, 1.54) is 30.4 Å². The van der Waals surface area contributed by atoms with Gasteiger partial charge in [0.15, 0.2) is 0 Å². The zero-order valence-electron chi connectivity index (χ0n) is 19.8. The first-order valence-electron chi connectivity index (χ1n) is 12.3. The average Bonchev–Trinajstić information content (AvgIpc) is 2.89. The number of alkyl halides is 3. The Morgan fingerprint density at radius 2 is 1.51 bits per heavy atom. The Morgan fingerprint density at radius 3 is 2.06 bits per heavy atom. The van der Waals surface area contributed by atoms with E-state index in [2.05, 4.69) is 58.7 Å². The number of piperidine rings is 3. The van der Waals surface area contributed by atoms with Crippen LogP contribution in [0.3, 0.4) is 0 Å². The average molecular weight is 481 g/mol. The van der Waals surface area contributed by atoms with Crippen LogP contribution in [-0.2, 0) is 12.7 Å². The Labute approximate surface area is 204 Å². The number of halogens is 3. The SMILES string of the molecule is COc1ccc(C(F)(F)F)cc1CNC1C2CCN(CC2)C1C(c1ccccc1)c1ccccc1. The fraction of sp³-hybridized carbons (Fsp3) is 0.379. The van der Waals surface area contributed by atoms with Crippen molar-refractivity contribution in [1.29, 1.82) is 0 Å². The smallest absolute Gasteiger partial charge is 0.416 e. The number of methoxy groups -OCH3 is 1. The summed E-state index contributed by atoms with van der Waals surface area (Å²) in [6, 6.07) is 25.2. The normalized spacial score (nSPS) is 24.0. The van der Waals surface area contributed by atoms with Gasteiger partial charge in [-0.2, -0.15) is 13.2 Å². The lowest BCUT2D eigenvalue weighted by Crippen LogP contribution is -2.64. The monoisotopic (exact) mass is 480 g/mol. The summed E-state index contributed by atoms with van der Waals surface area (Å²) in [6.45, 7) is 2.43. The molecular formula is C29H31F3N2O. The van der Waals surface area contributed by atoms with Gasteiger partial charge < -0.3 is 10.1 Å². The summed E-state index contributed by atoms with van der Waals surface area (Å²) < 4.78 is 45.6. The molecule has 3 aromatic carbocycles. The Morgan fingerprint density at radius 1 is 0.914 bits per heavy atom. The zero-order chi connectivity index (χ0) is 24.4. The third-order valence-corrected chi connectivity index (χ3v) is 7.67. The van der Waals surface area contributed by atoms with Gasteiger partial charge in [0.25, 0.3) is 0 Å². The second kappa shape index (κ2) is 10.0. The first-order valence-corrected chi connectivity index (χ1v) is 12.3. The number of hydrogen-bond donors (Lipinski definition) is 1. The van der Waals surface area contributed by atoms with Crippen LogP contribution >= 0.6 is 0 Å². The van der Waals surface area contributed by atoms with E-state index in [-0.39, 0.29) is 18.0 Å². The van der Waals surface area contributed by atoms with Crippen molar-refractivity contribution in [1.82, 2.24) is 10.2 Å². The Bertz CT molecular complexity index is 1070. The molecule has 3 heterocycles. The van der Waals surface area contributed by atoms with E-state index in [0.29, 0.717) is 23.8 Å². The lowest BCUT2D eigenvalue weighted by Gasteiger charge is -2.54. The van der Waals surface area contributed by atoms with Crippen molar-refractivity contribution in [3.05, 3.63) is 101 Å². The van der Waals surface area contributed by atoms with E-state index in [1.807, 2.05) is 12.1 Å². The largest absolute Gasteiger partial charge is 0.496 e. The molecule has 3 aliphatic heterocycles. The van der Waals surface area contributed by atoms with Crippen LogP contribution < -0.4 is 10.1 Å². The van der Waals surface area contributed by atoms with Gasteiger partial charge in [-0.05, 0) is 61.2 Å². The van der Waals surface area contributed by atoms with E-state index in [9.17, 15) is 13.2 Å². The number of ether oxygens (including phenoxy) is 1. The molecule has 2 bridgehead atoms. The molecule has 3 saturated heterocycles. The first kappa shape index (κ1) is 23.9. The van der Waals surface area contributed by atoms with Gasteiger partial charge in [0.05, 0.1) is 12.7 Å². The molecule has 0 amide bonds. The van der Waals surface area contributed by atoms with E-state index in [1.54, 1.807) is 0 Å². The van der Waals surface area contributed by atoms with Gasteiger partial charge in [-0.1, -0.05) is 60.7 Å². The van der Waals surface area contributed by atoms with Crippen LogP contribution in [0.1, 0.15) is 41.0 Å². The van der Waals surface area contributed by atoms with Gasteiger partial charge in [0, 0.05) is 30.1 Å². The first-order chi connectivity index (χ1) is 17.0. The van der Waals surface area contributed by atoms with Crippen molar-refractivity contribution in [3.8, 4) is 5.75 Å². The van der Waals surface area contributed by atoms with Crippen molar-refractivity contribution >= 4 is 0 Å². The van der Waals surface area contributed by atoms with Gasteiger partial charge in [0.1, 0.15) is 5.75 Å². The van der Waals surface area contributed by atoms with Crippen LogP contribution in [-0.4, -0.2) is 37.2 Å². The predicted octanol–water partition coefficient (Wildman–Crippen LogP) is 6.10. The summed E-state index contributed by atoms with van der Waals surface area (Å²) >= 11 is 0. The molecule has 6 heteroatoms. The standard InChI is InChI=1S/C29H31F3N2O/c1-35-25-13-12-24(29(30,31)32)18-23(25)19-33-27-22-14-16-34(17-15-22)28(27)26(20-8-4-2-5-9-20)21-10-6-3-7-11-21/h2-13,18,22,26-28,33H,14-17,19H2,1H3. The second-order valence-electron chi connectivity index (χ2n) is 9.59. The van der Waals surface area contributed by atoms with Crippen LogP contribution in [0.2, 0.25) is 0 Å². The third kappa shape index (κ3) is 4.95. The minimum Gasteiger partial charge on any atom is -0.496 e. The molecule has 6 rings (SSSR count). The van der Waals surface area contributed by atoms with Crippen LogP contribution in [0.25, 0.3) is 0 Å². The fourth-order valence-electron chi connectivity index (χ4n) is 6.02. The molecule has 0 radical (unpaired) electrons. The van der Waals surface area contributed by atoms with Gasteiger partial charge in [-0.3, -0.25) is 4.90 Å². The number of nitrogens with zero attached hydrogens (tertiary/aromatic N) is 1. The van der Waals surface area contributed by atoms with Gasteiger partial charge >= 0.3 is 6.18 Å². The van der Waals surface area contributed by atoms with Crippen molar-refractivity contribution in [2.75, 3.05) is 20.2 Å². The minimum absolute atomic E-state index is 0.155. The molecule has 0 saturated carbocycles. The molecule has 184 valence electrons. The van der Waals surface area contributed by atoms with E-state index >= 15 is 0 Å². The van der Waals surface area contributed by atoms with Gasteiger partial charge in [-0.15, -0.1) is 0 Å². The van der Waals surface area contributed by atoms with Crippen molar-refractivity contribution in [3.63, 3.8) is 0 Å². The summed E-state index contributed by atoms with van der Waals surface area (Å²) in [5.41, 5.74) is 2.42. The maximum atomic E-state index is 13.4. The summed E-state index contributed by atoms with van der Waals surface area (Å²) in [5.74, 6) is 1.13. The fourth-order valence-corrected chi connectivity index (χ4v) is 6.02. The molecule has 3 fully saturated rings. The van der Waals surface area contributed by atoms with Crippen LogP contribution in [0.4, 0.5) is 13.2 Å². The number of benzene rings is 3. The number of fused-ring (bicyclic) bond motifs is 3. The highest BCUT2D eigenvalue weighted by atomic mass is 19.4. The van der Waals surface area contributed by atoms with Gasteiger partial charge in [0.2, 0.25) is 0 Å². The van der Waals surface area contributed by atoms with Crippen molar-refractivity contribution in [2.45, 2.75) is 43.6 Å². The van der Waals surface area contributed by atoms with E-state index in [4.69, 9.17) is 4.74 Å². The molecule has 3 nitrogen and oxygen atoms in total. The summed E-state index contributed by atoms with van der Waals surface area (Å²) in [6.07, 6.45) is -2.18. The molecule has 0 aromatic heterocycles. The highest BCUT2D eigenvalue weighted by Gasteiger charge is 2.46. The molecular weight excluding hydrogens is 449 g/mol. The number of hydrogen-bond acceptors (Lipinski definition) is 3. The highest BCUT2D eigenvalue weighted by molar-refractivity contribution is 5.39. The summed E-state index contributed by atoms with van der Waals surface area (Å²) in [5, 5.41) is 3.70. The zero-order valence-corrected chi connectivity index (χ0v) is 19.8. The Hall–Kier alpha value is -2.83. The Balaban J connectivity index is 1.48. The predicted molar refractivity (Wildman–Crippen MR) is 131 cm³/mol. The second-order valence-corrected chi connectivity index (χ2v) is 9.59. The highest BCUT2D eigenvalue weighted by Crippen LogP contribution is 2.42. The number of rotatable bonds is 7. The topological polar surface area (TPSA) is 24.5 Å². The number of nitrogens with one attached hydrogen (secondary N) is 1. The Kier molecular flexibility index (Phi) is 6.85. The molecule has 2 unspecified atom stereocenters. The lowest BCUT2D eigenvalue weighted by molar-refractivity contribution is -0.137. The van der Waals surface area contributed by atoms with E-state index < -0.39 is 11.7 Å². The van der Waals surface area contributed by atoms with Crippen molar-refractivity contribution < 1.29 is 17.9 Å². The quantitative estimate of drug-likeness (QED) is 0.442. The molecule has 0 aliphatic carbocycles. The summed E-state index contributed by atoms with van der Waals surface area (Å²) in [4.78, 5) is 2.58. The van der Waals surface area contributed by atoms with Crippen molar-refractivity contribution in [2.24, 2.45) is 5.92 Å². The molecule has 3 aromatic rings. The molecule has 0 spiro atoms. The van der Waals surface area contributed by atoms with Crippen LogP contribution in [0, 0.1) is 5.92 Å². The minimum atomic E-state index is -4.38. The molecule has 3 aliphatic rings. The van der Waals surface area contributed by atoms with Crippen LogP contribution in [0.5, 0.6) is 5.75 Å². The molecule has 2 atom stereocenters. The maximum absolute atomic E-state index is 13.4. The molecule has 1 N–H and O–H groups in total. The van der Waals surface area contributed by atoms with Crippen LogP contribution in [0.15, 0.2) is 78.9 Å². The van der Waals surface area contributed by atoms with E-state index in [0.717, 1.165) is 32.0 Å². The lowest BCUT2D eigenvalue weighted by atomic mass is 9.70. The summed E-state index contributed by atoms with van der Waals surface area (Å²) in [7, 11) is 1.50. The van der Waals surface area contributed by atoms with Gasteiger partial charge in [-0.25, -0.2) is 0 Å². The maximum Gasteiger partial charge on any atom is 0.416 e. The molecule has 35 heavy (non-hydrogen) atoms. The third-order valence-electron chi connectivity index (χ3n) is 7.67.